The minimum absolute atomic E-state index is 0.121. The standard InChI is InChI=1S/C10H17NO2/c1-7(12)13-10-5-8-3-4-9(6-10)11(8)2/h8-10H,3-6H2,1-2H3/p+1/t8-,9+,10?. The fraction of sp³-hybridized carbons (Fsp3) is 0.900. The van der Waals surface area contributed by atoms with Gasteiger partial charge in [0.2, 0.25) is 0 Å². The number of fused-ring (bicyclic) bond motifs is 2. The summed E-state index contributed by atoms with van der Waals surface area (Å²) in [5, 5.41) is 0. The molecule has 13 heavy (non-hydrogen) atoms. The third-order valence-corrected chi connectivity index (χ3v) is 3.58. The first-order chi connectivity index (χ1) is 6.16. The number of hydrogen-bond donors (Lipinski definition) is 1. The van der Waals surface area contributed by atoms with E-state index in [4.69, 9.17) is 4.74 Å². The lowest BCUT2D eigenvalue weighted by atomic mass is 10.0. The zero-order valence-electron chi connectivity index (χ0n) is 8.38. The highest BCUT2D eigenvalue weighted by atomic mass is 16.5. The average Bonchev–Trinajstić information content (AvgIpc) is 2.33. The SMILES string of the molecule is CC(=O)OC1C[C@H]2CC[C@@H](C1)[NH+]2C. The van der Waals surface area contributed by atoms with E-state index in [2.05, 4.69) is 7.05 Å². The summed E-state index contributed by atoms with van der Waals surface area (Å²) in [6, 6.07) is 1.48. The van der Waals surface area contributed by atoms with E-state index in [1.807, 2.05) is 0 Å². The fourth-order valence-electron chi connectivity index (χ4n) is 2.86. The molecule has 2 fully saturated rings. The van der Waals surface area contributed by atoms with Gasteiger partial charge in [0.1, 0.15) is 6.10 Å². The lowest BCUT2D eigenvalue weighted by Crippen LogP contribution is -3.15. The molecule has 3 nitrogen and oxygen atoms in total. The quantitative estimate of drug-likeness (QED) is 0.570. The van der Waals surface area contributed by atoms with Gasteiger partial charge in [-0.15, -0.1) is 0 Å². The smallest absolute Gasteiger partial charge is 0.302 e. The first-order valence-corrected chi connectivity index (χ1v) is 5.17. The molecule has 2 saturated heterocycles. The maximum Gasteiger partial charge on any atom is 0.302 e. The highest BCUT2D eigenvalue weighted by Gasteiger charge is 2.43. The van der Waals surface area contributed by atoms with Crippen molar-refractivity contribution in [3.8, 4) is 0 Å². The van der Waals surface area contributed by atoms with Crippen molar-refractivity contribution < 1.29 is 14.4 Å². The van der Waals surface area contributed by atoms with Crippen LogP contribution < -0.4 is 4.90 Å². The molecule has 0 aromatic carbocycles. The molecule has 0 saturated carbocycles. The van der Waals surface area contributed by atoms with Gasteiger partial charge in [-0.2, -0.15) is 0 Å². The lowest BCUT2D eigenvalue weighted by Gasteiger charge is -2.32. The number of carbonyl (C=O) groups is 1. The van der Waals surface area contributed by atoms with Gasteiger partial charge in [-0.3, -0.25) is 4.79 Å². The molecule has 0 spiro atoms. The molecule has 2 heterocycles. The van der Waals surface area contributed by atoms with Gasteiger partial charge in [0.05, 0.1) is 19.1 Å². The Morgan fingerprint density at radius 1 is 1.31 bits per heavy atom. The van der Waals surface area contributed by atoms with Crippen LogP contribution in [0.5, 0.6) is 0 Å². The zero-order valence-corrected chi connectivity index (χ0v) is 8.38. The number of hydrogen-bond acceptors (Lipinski definition) is 2. The van der Waals surface area contributed by atoms with Gasteiger partial charge >= 0.3 is 5.97 Å². The van der Waals surface area contributed by atoms with E-state index >= 15 is 0 Å². The molecule has 2 aliphatic rings. The Balaban J connectivity index is 1.95. The van der Waals surface area contributed by atoms with Crippen molar-refractivity contribution in [1.29, 1.82) is 0 Å². The molecule has 0 amide bonds. The van der Waals surface area contributed by atoms with Crippen LogP contribution in [0.15, 0.2) is 0 Å². The van der Waals surface area contributed by atoms with Crippen molar-refractivity contribution in [2.24, 2.45) is 0 Å². The molecule has 1 N–H and O–H groups in total. The fourth-order valence-corrected chi connectivity index (χ4v) is 2.86. The Bertz CT molecular complexity index is 203. The highest BCUT2D eigenvalue weighted by molar-refractivity contribution is 5.66. The van der Waals surface area contributed by atoms with E-state index < -0.39 is 0 Å². The van der Waals surface area contributed by atoms with E-state index in [9.17, 15) is 4.79 Å². The van der Waals surface area contributed by atoms with Crippen LogP contribution in [0.2, 0.25) is 0 Å². The van der Waals surface area contributed by atoms with Crippen molar-refractivity contribution in [3.63, 3.8) is 0 Å². The van der Waals surface area contributed by atoms with Crippen molar-refractivity contribution in [2.45, 2.75) is 50.8 Å². The highest BCUT2D eigenvalue weighted by Crippen LogP contribution is 2.24. The summed E-state index contributed by atoms with van der Waals surface area (Å²) in [4.78, 5) is 12.5. The molecule has 0 aromatic rings. The molecular weight excluding hydrogens is 166 g/mol. The number of rotatable bonds is 1. The van der Waals surface area contributed by atoms with Crippen LogP contribution in [0, 0.1) is 0 Å². The van der Waals surface area contributed by atoms with Crippen molar-refractivity contribution in [2.75, 3.05) is 7.05 Å². The molecule has 3 heteroatoms. The van der Waals surface area contributed by atoms with Gasteiger partial charge in [-0.1, -0.05) is 0 Å². The number of nitrogens with one attached hydrogen (secondary N) is 1. The summed E-state index contributed by atoms with van der Waals surface area (Å²) in [5.74, 6) is -0.121. The van der Waals surface area contributed by atoms with E-state index in [0.29, 0.717) is 0 Å². The zero-order chi connectivity index (χ0) is 9.42. The second kappa shape index (κ2) is 3.29. The number of quaternary nitrogens is 1. The lowest BCUT2D eigenvalue weighted by molar-refractivity contribution is -0.923. The second-order valence-corrected chi connectivity index (χ2v) is 4.42. The maximum atomic E-state index is 10.8. The van der Waals surface area contributed by atoms with Crippen molar-refractivity contribution >= 4 is 5.97 Å². The third kappa shape index (κ3) is 1.70. The molecule has 4 atom stereocenters. The number of carbonyl (C=O) groups excluding carboxylic acids is 1. The van der Waals surface area contributed by atoms with E-state index in [-0.39, 0.29) is 12.1 Å². The Hall–Kier alpha value is -0.570. The summed E-state index contributed by atoms with van der Waals surface area (Å²) in [6.07, 6.45) is 4.98. The Morgan fingerprint density at radius 2 is 1.85 bits per heavy atom. The van der Waals surface area contributed by atoms with E-state index in [1.165, 1.54) is 19.8 Å². The summed E-state index contributed by atoms with van der Waals surface area (Å²) in [7, 11) is 2.27. The van der Waals surface area contributed by atoms with Gasteiger partial charge in [-0.25, -0.2) is 0 Å². The number of ether oxygens (including phenoxy) is 1. The van der Waals surface area contributed by atoms with Crippen LogP contribution >= 0.6 is 0 Å². The topological polar surface area (TPSA) is 30.7 Å². The van der Waals surface area contributed by atoms with E-state index in [1.54, 1.807) is 4.90 Å². The normalized spacial score (nSPS) is 43.2. The van der Waals surface area contributed by atoms with Crippen LogP contribution in [-0.4, -0.2) is 31.2 Å². The monoisotopic (exact) mass is 184 g/mol. The summed E-state index contributed by atoms with van der Waals surface area (Å²) in [6.45, 7) is 1.51. The molecule has 0 aliphatic carbocycles. The summed E-state index contributed by atoms with van der Waals surface area (Å²) < 4.78 is 5.27. The van der Waals surface area contributed by atoms with Crippen LogP contribution in [0.1, 0.15) is 32.6 Å². The predicted octanol–water partition coefficient (Wildman–Crippen LogP) is -0.242. The minimum Gasteiger partial charge on any atom is -0.462 e. The van der Waals surface area contributed by atoms with Crippen LogP contribution in [-0.2, 0) is 9.53 Å². The van der Waals surface area contributed by atoms with Gasteiger partial charge < -0.3 is 9.64 Å². The Labute approximate surface area is 79.0 Å². The largest absolute Gasteiger partial charge is 0.462 e. The minimum atomic E-state index is -0.121. The predicted molar refractivity (Wildman–Crippen MR) is 48.5 cm³/mol. The average molecular weight is 184 g/mol. The van der Waals surface area contributed by atoms with Crippen molar-refractivity contribution in [1.82, 2.24) is 0 Å². The molecule has 2 aliphatic heterocycles. The first-order valence-electron chi connectivity index (χ1n) is 5.17. The molecule has 74 valence electrons. The van der Waals surface area contributed by atoms with Crippen molar-refractivity contribution in [3.05, 3.63) is 0 Å². The third-order valence-electron chi connectivity index (χ3n) is 3.58. The Kier molecular flexibility index (Phi) is 2.28. The van der Waals surface area contributed by atoms with Crippen LogP contribution in [0.25, 0.3) is 0 Å². The van der Waals surface area contributed by atoms with Crippen LogP contribution in [0.4, 0.5) is 0 Å². The summed E-state index contributed by atoms with van der Waals surface area (Å²) >= 11 is 0. The number of esters is 1. The van der Waals surface area contributed by atoms with Crippen LogP contribution in [0.3, 0.4) is 0 Å². The Morgan fingerprint density at radius 3 is 2.31 bits per heavy atom. The first kappa shape index (κ1) is 9.00. The van der Waals surface area contributed by atoms with Gasteiger partial charge in [-0.05, 0) is 0 Å². The molecule has 2 unspecified atom stereocenters. The van der Waals surface area contributed by atoms with Gasteiger partial charge in [0.15, 0.2) is 0 Å². The number of piperidine rings is 1. The second-order valence-electron chi connectivity index (χ2n) is 4.42. The molecule has 2 bridgehead atoms. The van der Waals surface area contributed by atoms with E-state index in [0.717, 1.165) is 24.9 Å². The molecule has 0 radical (unpaired) electrons. The van der Waals surface area contributed by atoms with Gasteiger partial charge in [0, 0.05) is 32.6 Å². The molecular formula is C10H18NO2+. The van der Waals surface area contributed by atoms with Gasteiger partial charge in [0.25, 0.3) is 0 Å². The molecule has 2 rings (SSSR count). The maximum absolute atomic E-state index is 10.8. The molecule has 0 aromatic heterocycles. The summed E-state index contributed by atoms with van der Waals surface area (Å²) in [5.41, 5.74) is 0.